The molecule has 1 unspecified atom stereocenters. The number of aliphatic imine (C=N–C) groups is 1. The Morgan fingerprint density at radius 1 is 1.30 bits per heavy atom. The smallest absolute Gasteiger partial charge is 0.329 e. The highest BCUT2D eigenvalue weighted by Gasteiger charge is 2.25. The van der Waals surface area contributed by atoms with E-state index < -0.39 is 23.7 Å². The van der Waals surface area contributed by atoms with E-state index in [-0.39, 0.29) is 29.4 Å². The molecule has 0 spiro atoms. The number of thioether (sulfide) groups is 1. The highest BCUT2D eigenvalue weighted by molar-refractivity contribution is 8.14. The zero-order valence-electron chi connectivity index (χ0n) is 16.4. The van der Waals surface area contributed by atoms with Gasteiger partial charge in [-0.05, 0) is 49.7 Å². The summed E-state index contributed by atoms with van der Waals surface area (Å²) in [6.07, 6.45) is -0.116. The number of carbonyl (C=O) groups is 2. The van der Waals surface area contributed by atoms with E-state index in [2.05, 4.69) is 10.3 Å². The van der Waals surface area contributed by atoms with Crippen LogP contribution in [0.3, 0.4) is 0 Å². The molecule has 2 aromatic rings. The molecule has 1 heterocycles. The number of carbonyl (C=O) groups excluding carboxylic acids is 1. The number of amides is 1. The largest absolute Gasteiger partial charge is 0.491 e. The summed E-state index contributed by atoms with van der Waals surface area (Å²) in [5.74, 6) is -1.12. The van der Waals surface area contributed by atoms with Crippen LogP contribution in [0.25, 0.3) is 0 Å². The monoisotopic (exact) mass is 432 g/mol. The lowest BCUT2D eigenvalue weighted by molar-refractivity contribution is -0.137. The number of para-hydroxylation sites is 1. The van der Waals surface area contributed by atoms with Gasteiger partial charge in [-0.2, -0.15) is 0 Å². The van der Waals surface area contributed by atoms with Crippen molar-refractivity contribution in [2.24, 2.45) is 4.99 Å². The minimum absolute atomic E-state index is 0.0350. The van der Waals surface area contributed by atoms with Gasteiger partial charge in [-0.25, -0.2) is 14.2 Å². The molecule has 1 atom stereocenters. The Morgan fingerprint density at radius 3 is 2.73 bits per heavy atom. The Hall–Kier alpha value is -3.07. The Bertz CT molecular complexity index is 980. The predicted molar refractivity (Wildman–Crippen MR) is 112 cm³/mol. The molecule has 0 radical (unpaired) electrons. The van der Waals surface area contributed by atoms with Gasteiger partial charge in [0.15, 0.2) is 22.8 Å². The van der Waals surface area contributed by atoms with E-state index in [9.17, 15) is 14.0 Å². The first-order chi connectivity index (χ1) is 14.3. The van der Waals surface area contributed by atoms with Crippen molar-refractivity contribution in [3.05, 3.63) is 59.4 Å². The molecule has 3 rings (SSSR count). The second kappa shape index (κ2) is 9.62. The second-order valence-electron chi connectivity index (χ2n) is 6.80. The molecule has 0 fully saturated rings. The van der Waals surface area contributed by atoms with Gasteiger partial charge < -0.3 is 19.9 Å². The molecule has 0 aromatic heterocycles. The number of ether oxygens (including phenoxy) is 2. The van der Waals surface area contributed by atoms with Gasteiger partial charge >= 0.3 is 5.97 Å². The summed E-state index contributed by atoms with van der Waals surface area (Å²) in [6, 6.07) is 10.1. The summed E-state index contributed by atoms with van der Waals surface area (Å²) in [7, 11) is 0. The van der Waals surface area contributed by atoms with Crippen molar-refractivity contribution in [1.29, 1.82) is 0 Å². The topological polar surface area (TPSA) is 97.2 Å². The normalized spacial score (nSPS) is 15.6. The van der Waals surface area contributed by atoms with Crippen LogP contribution in [0.1, 0.15) is 29.8 Å². The van der Waals surface area contributed by atoms with E-state index in [0.29, 0.717) is 16.9 Å². The van der Waals surface area contributed by atoms with Crippen LogP contribution >= 0.6 is 11.8 Å². The van der Waals surface area contributed by atoms with Crippen LogP contribution in [-0.4, -0.2) is 40.0 Å². The van der Waals surface area contributed by atoms with E-state index in [0.717, 1.165) is 0 Å². The van der Waals surface area contributed by atoms with Gasteiger partial charge in [0.2, 0.25) is 0 Å². The Labute approximate surface area is 177 Å². The number of aliphatic carboxylic acids is 1. The number of halogens is 1. The molecule has 0 saturated heterocycles. The molecule has 0 saturated carbocycles. The molecular weight excluding hydrogens is 411 g/mol. The van der Waals surface area contributed by atoms with Crippen molar-refractivity contribution in [2.75, 3.05) is 5.75 Å². The maximum atomic E-state index is 13.8. The van der Waals surface area contributed by atoms with E-state index in [4.69, 9.17) is 14.6 Å². The van der Waals surface area contributed by atoms with Gasteiger partial charge in [0.05, 0.1) is 6.10 Å². The van der Waals surface area contributed by atoms with Crippen molar-refractivity contribution >= 4 is 28.8 Å². The van der Waals surface area contributed by atoms with Gasteiger partial charge in [0.25, 0.3) is 5.91 Å². The first-order valence-corrected chi connectivity index (χ1v) is 10.2. The molecule has 9 heteroatoms. The molecule has 7 nitrogen and oxygen atoms in total. The quantitative estimate of drug-likeness (QED) is 0.695. The third kappa shape index (κ3) is 5.73. The molecule has 30 heavy (non-hydrogen) atoms. The summed E-state index contributed by atoms with van der Waals surface area (Å²) in [5, 5.41) is 11.9. The van der Waals surface area contributed by atoms with Crippen LogP contribution in [0, 0.1) is 5.82 Å². The molecule has 158 valence electrons. The number of hydrogen-bond donors (Lipinski definition) is 2. The summed E-state index contributed by atoms with van der Waals surface area (Å²) in [6.45, 7) is 3.75. The average molecular weight is 432 g/mol. The fraction of sp³-hybridized carbons (Fsp3) is 0.286. The van der Waals surface area contributed by atoms with Crippen molar-refractivity contribution in [1.82, 2.24) is 5.32 Å². The van der Waals surface area contributed by atoms with Crippen molar-refractivity contribution < 1.29 is 28.6 Å². The molecule has 1 aliphatic heterocycles. The lowest BCUT2D eigenvalue weighted by Gasteiger charge is -2.14. The number of benzene rings is 2. The lowest BCUT2D eigenvalue weighted by atomic mass is 10.1. The summed E-state index contributed by atoms with van der Waals surface area (Å²) in [5.41, 5.74) is 0.910. The summed E-state index contributed by atoms with van der Waals surface area (Å²) in [4.78, 5) is 27.7. The zero-order valence-corrected chi connectivity index (χ0v) is 17.2. The fourth-order valence-electron chi connectivity index (χ4n) is 2.68. The number of carboxylic acid groups (broad SMARTS) is 1. The molecule has 0 aliphatic carbocycles. The minimum Gasteiger partial charge on any atom is -0.491 e. The number of amidine groups is 1. The van der Waals surface area contributed by atoms with E-state index >= 15 is 0 Å². The molecule has 1 amide bonds. The summed E-state index contributed by atoms with van der Waals surface area (Å²) >= 11 is 1.17. The highest BCUT2D eigenvalue weighted by atomic mass is 32.2. The average Bonchev–Trinajstić information content (AvgIpc) is 3.15. The van der Waals surface area contributed by atoms with E-state index in [1.807, 2.05) is 13.8 Å². The standard InChI is InChI=1S/C21H21FN2O5S/c1-12(2)29-15-8-13(10-28-18-6-4-3-5-16(18)22)7-14(9-15)19(25)24-21-23-17(11-30-21)20(26)27/h3-9,12,17H,10-11H2,1-2H3,(H,26,27)(H,23,24,25). The van der Waals surface area contributed by atoms with Gasteiger partial charge in [-0.15, -0.1) is 0 Å². The number of rotatable bonds is 7. The number of nitrogens with one attached hydrogen (secondary N) is 1. The van der Waals surface area contributed by atoms with Crippen molar-refractivity contribution in [3.8, 4) is 11.5 Å². The second-order valence-corrected chi connectivity index (χ2v) is 7.81. The van der Waals surface area contributed by atoms with Crippen molar-refractivity contribution in [2.45, 2.75) is 32.6 Å². The lowest BCUT2D eigenvalue weighted by Crippen LogP contribution is -2.28. The fourth-order valence-corrected chi connectivity index (χ4v) is 3.58. The van der Waals surface area contributed by atoms with Gasteiger partial charge in [0, 0.05) is 11.3 Å². The maximum Gasteiger partial charge on any atom is 0.329 e. The Balaban J connectivity index is 1.78. The summed E-state index contributed by atoms with van der Waals surface area (Å²) < 4.78 is 25.0. The van der Waals surface area contributed by atoms with E-state index in [1.165, 1.54) is 23.9 Å². The molecule has 0 bridgehead atoms. The number of nitrogens with zero attached hydrogens (tertiary/aromatic N) is 1. The first-order valence-electron chi connectivity index (χ1n) is 9.24. The molecule has 2 N–H and O–H groups in total. The predicted octanol–water partition coefficient (Wildman–Crippen LogP) is 3.48. The third-order valence-electron chi connectivity index (χ3n) is 3.99. The Morgan fingerprint density at radius 2 is 2.07 bits per heavy atom. The highest BCUT2D eigenvalue weighted by Crippen LogP contribution is 2.23. The van der Waals surface area contributed by atoms with Gasteiger partial charge in [0.1, 0.15) is 12.4 Å². The van der Waals surface area contributed by atoms with Crippen LogP contribution in [0.4, 0.5) is 4.39 Å². The molecule has 2 aromatic carbocycles. The van der Waals surface area contributed by atoms with Crippen LogP contribution in [0.15, 0.2) is 47.5 Å². The van der Waals surface area contributed by atoms with Gasteiger partial charge in [-0.1, -0.05) is 23.9 Å². The van der Waals surface area contributed by atoms with Crippen LogP contribution in [0.2, 0.25) is 0 Å². The number of carboxylic acids is 1. The van der Waals surface area contributed by atoms with Crippen LogP contribution in [0.5, 0.6) is 11.5 Å². The van der Waals surface area contributed by atoms with Crippen molar-refractivity contribution in [3.63, 3.8) is 0 Å². The molecular formula is C21H21FN2O5S. The zero-order chi connectivity index (χ0) is 21.7. The maximum absolute atomic E-state index is 13.8. The Kier molecular flexibility index (Phi) is 6.94. The van der Waals surface area contributed by atoms with Gasteiger partial charge in [-0.3, -0.25) is 4.79 Å². The number of hydrogen-bond acceptors (Lipinski definition) is 6. The first kappa shape index (κ1) is 21.6. The van der Waals surface area contributed by atoms with E-state index in [1.54, 1.807) is 30.3 Å². The third-order valence-corrected chi connectivity index (χ3v) is 4.95. The van der Waals surface area contributed by atoms with Crippen LogP contribution in [-0.2, 0) is 11.4 Å². The minimum atomic E-state index is -1.04. The van der Waals surface area contributed by atoms with Crippen LogP contribution < -0.4 is 14.8 Å². The SMILES string of the molecule is CC(C)Oc1cc(COc2ccccc2F)cc(C(=O)NC2=NC(C(=O)O)CS2)c1. The molecule has 1 aliphatic rings.